The molecule has 0 unspecified atom stereocenters. The van der Waals surface area contributed by atoms with Crippen LogP contribution in [0.5, 0.6) is 0 Å². The van der Waals surface area contributed by atoms with Gasteiger partial charge in [-0.3, -0.25) is 0 Å². The summed E-state index contributed by atoms with van der Waals surface area (Å²) in [5.41, 5.74) is 8.53. The Bertz CT molecular complexity index is 579. The lowest BCUT2D eigenvalue weighted by atomic mass is 10.1. The van der Waals surface area contributed by atoms with E-state index in [2.05, 4.69) is 9.97 Å². The van der Waals surface area contributed by atoms with Gasteiger partial charge in [0.15, 0.2) is 0 Å². The maximum absolute atomic E-state index is 6.21. The Morgan fingerprint density at radius 3 is 2.44 bits per heavy atom. The minimum Gasteiger partial charge on any atom is -0.383 e. The van der Waals surface area contributed by atoms with Crippen LogP contribution in [0.3, 0.4) is 0 Å². The number of halogens is 1. The number of nitrogens with zero attached hydrogens (tertiary/aromatic N) is 2. The lowest BCUT2D eigenvalue weighted by Gasteiger charge is -2.12. The molecule has 2 N–H and O–H groups in total. The molecule has 0 aliphatic carbocycles. The Morgan fingerprint density at radius 1 is 1.17 bits per heavy atom. The van der Waals surface area contributed by atoms with Gasteiger partial charge in [-0.05, 0) is 13.0 Å². The van der Waals surface area contributed by atoms with E-state index in [9.17, 15) is 0 Å². The van der Waals surface area contributed by atoms with Crippen LogP contribution in [0.25, 0.3) is 11.3 Å². The summed E-state index contributed by atoms with van der Waals surface area (Å²) >= 11 is 6.21. The van der Waals surface area contributed by atoms with Crippen molar-refractivity contribution in [1.29, 1.82) is 0 Å². The summed E-state index contributed by atoms with van der Waals surface area (Å²) in [6.45, 7) is 6.00. The summed E-state index contributed by atoms with van der Waals surface area (Å²) in [6.07, 6.45) is 0. The minimum atomic E-state index is 0.231. The molecule has 3 nitrogen and oxygen atoms in total. The van der Waals surface area contributed by atoms with Crippen molar-refractivity contribution in [2.45, 2.75) is 26.7 Å². The fourth-order valence-electron chi connectivity index (χ4n) is 1.73. The zero-order chi connectivity index (χ0) is 13.3. The van der Waals surface area contributed by atoms with Gasteiger partial charge < -0.3 is 5.73 Å². The highest BCUT2D eigenvalue weighted by Crippen LogP contribution is 2.31. The fraction of sp³-hybridized carbons (Fsp3) is 0.286. The van der Waals surface area contributed by atoms with Gasteiger partial charge in [0.25, 0.3) is 0 Å². The van der Waals surface area contributed by atoms with Crippen molar-refractivity contribution in [2.24, 2.45) is 0 Å². The van der Waals surface area contributed by atoms with Crippen LogP contribution in [0.4, 0.5) is 5.82 Å². The van der Waals surface area contributed by atoms with Crippen LogP contribution in [0, 0.1) is 6.92 Å². The smallest absolute Gasteiger partial charge is 0.133 e. The Labute approximate surface area is 112 Å². The highest BCUT2D eigenvalue weighted by molar-refractivity contribution is 6.33. The van der Waals surface area contributed by atoms with E-state index in [1.807, 2.05) is 45.0 Å². The lowest BCUT2D eigenvalue weighted by Crippen LogP contribution is -2.06. The molecule has 0 saturated heterocycles. The average molecular weight is 262 g/mol. The SMILES string of the molecule is Cc1c(N)nc(C(C)C)nc1-c1ccccc1Cl. The molecule has 0 spiro atoms. The number of nitrogen functional groups attached to an aromatic ring is 1. The first-order valence-corrected chi connectivity index (χ1v) is 6.27. The standard InChI is InChI=1S/C14H16ClN3/c1-8(2)14-17-12(9(3)13(16)18-14)10-6-4-5-7-11(10)15/h4-8H,1-3H3,(H2,16,17,18). The Balaban J connectivity index is 2.67. The second-order valence-corrected chi connectivity index (χ2v) is 4.98. The molecule has 0 radical (unpaired) electrons. The van der Waals surface area contributed by atoms with Gasteiger partial charge in [-0.2, -0.15) is 0 Å². The Morgan fingerprint density at radius 2 is 1.83 bits per heavy atom. The average Bonchev–Trinajstić information content (AvgIpc) is 2.33. The van der Waals surface area contributed by atoms with Crippen molar-refractivity contribution in [3.63, 3.8) is 0 Å². The quantitative estimate of drug-likeness (QED) is 0.894. The third kappa shape index (κ3) is 2.31. The van der Waals surface area contributed by atoms with E-state index >= 15 is 0 Å². The van der Waals surface area contributed by atoms with Gasteiger partial charge in [-0.15, -0.1) is 0 Å². The maximum Gasteiger partial charge on any atom is 0.133 e. The number of anilines is 1. The molecule has 0 fully saturated rings. The van der Waals surface area contributed by atoms with Gasteiger partial charge in [0, 0.05) is 22.1 Å². The van der Waals surface area contributed by atoms with Crippen molar-refractivity contribution < 1.29 is 0 Å². The Kier molecular flexibility index (Phi) is 3.53. The van der Waals surface area contributed by atoms with Crippen LogP contribution in [0.15, 0.2) is 24.3 Å². The second-order valence-electron chi connectivity index (χ2n) is 4.58. The van der Waals surface area contributed by atoms with Crippen LogP contribution in [0.1, 0.15) is 31.2 Å². The Hall–Kier alpha value is -1.61. The molecule has 0 aliphatic rings. The summed E-state index contributed by atoms with van der Waals surface area (Å²) < 4.78 is 0. The van der Waals surface area contributed by atoms with Gasteiger partial charge in [-0.25, -0.2) is 9.97 Å². The molecule has 18 heavy (non-hydrogen) atoms. The van der Waals surface area contributed by atoms with Gasteiger partial charge in [0.1, 0.15) is 11.6 Å². The summed E-state index contributed by atoms with van der Waals surface area (Å²) in [4.78, 5) is 8.90. The minimum absolute atomic E-state index is 0.231. The van der Waals surface area contributed by atoms with Gasteiger partial charge in [0.05, 0.1) is 5.69 Å². The highest BCUT2D eigenvalue weighted by atomic mass is 35.5. The summed E-state index contributed by atoms with van der Waals surface area (Å²) in [5, 5.41) is 0.674. The van der Waals surface area contributed by atoms with Crippen LogP contribution < -0.4 is 5.73 Å². The molecular weight excluding hydrogens is 246 g/mol. The molecule has 0 atom stereocenters. The molecule has 4 heteroatoms. The predicted molar refractivity (Wildman–Crippen MR) is 75.7 cm³/mol. The van der Waals surface area contributed by atoms with E-state index < -0.39 is 0 Å². The predicted octanol–water partition coefficient (Wildman–Crippen LogP) is 3.81. The van der Waals surface area contributed by atoms with E-state index in [-0.39, 0.29) is 5.92 Å². The van der Waals surface area contributed by atoms with Crippen LogP contribution in [0.2, 0.25) is 5.02 Å². The van der Waals surface area contributed by atoms with Crippen LogP contribution in [-0.4, -0.2) is 9.97 Å². The first-order valence-electron chi connectivity index (χ1n) is 5.89. The lowest BCUT2D eigenvalue weighted by molar-refractivity contribution is 0.776. The topological polar surface area (TPSA) is 51.8 Å². The van der Waals surface area contributed by atoms with Crippen LogP contribution in [-0.2, 0) is 0 Å². The van der Waals surface area contributed by atoms with Crippen molar-refractivity contribution in [3.8, 4) is 11.3 Å². The molecule has 2 rings (SSSR count). The van der Waals surface area contributed by atoms with E-state index in [4.69, 9.17) is 17.3 Å². The first kappa shape index (κ1) is 12.8. The first-order chi connectivity index (χ1) is 8.50. The zero-order valence-corrected chi connectivity index (χ0v) is 11.5. The third-order valence-electron chi connectivity index (χ3n) is 2.85. The fourth-order valence-corrected chi connectivity index (χ4v) is 1.95. The number of hydrogen-bond acceptors (Lipinski definition) is 3. The summed E-state index contributed by atoms with van der Waals surface area (Å²) in [5.74, 6) is 1.49. The monoisotopic (exact) mass is 261 g/mol. The highest BCUT2D eigenvalue weighted by Gasteiger charge is 2.14. The van der Waals surface area contributed by atoms with E-state index in [1.54, 1.807) is 0 Å². The molecule has 0 amide bonds. The van der Waals surface area contributed by atoms with Gasteiger partial charge >= 0.3 is 0 Å². The number of benzene rings is 1. The normalized spacial score (nSPS) is 10.9. The number of nitrogens with two attached hydrogens (primary N) is 1. The molecule has 1 aromatic heterocycles. The number of hydrogen-bond donors (Lipinski definition) is 1. The maximum atomic E-state index is 6.21. The summed E-state index contributed by atoms with van der Waals surface area (Å²) in [6, 6.07) is 7.63. The van der Waals surface area contributed by atoms with Crippen LogP contribution >= 0.6 is 11.6 Å². The second kappa shape index (κ2) is 4.94. The van der Waals surface area contributed by atoms with Gasteiger partial charge in [-0.1, -0.05) is 43.6 Å². The molecule has 2 aromatic rings. The molecule has 0 bridgehead atoms. The number of rotatable bonds is 2. The number of aromatic nitrogens is 2. The van der Waals surface area contributed by atoms with E-state index in [0.717, 1.165) is 22.6 Å². The molecule has 1 heterocycles. The zero-order valence-electron chi connectivity index (χ0n) is 10.7. The van der Waals surface area contributed by atoms with Gasteiger partial charge in [0.2, 0.25) is 0 Å². The molecule has 0 aliphatic heterocycles. The van der Waals surface area contributed by atoms with E-state index in [0.29, 0.717) is 10.8 Å². The molecule has 94 valence electrons. The molecule has 1 aromatic carbocycles. The third-order valence-corrected chi connectivity index (χ3v) is 3.18. The molecule has 0 saturated carbocycles. The van der Waals surface area contributed by atoms with E-state index in [1.165, 1.54) is 0 Å². The van der Waals surface area contributed by atoms with Crippen molar-refractivity contribution >= 4 is 17.4 Å². The largest absolute Gasteiger partial charge is 0.383 e. The molecular formula is C14H16ClN3. The van der Waals surface area contributed by atoms with Crippen molar-refractivity contribution in [3.05, 3.63) is 40.7 Å². The van der Waals surface area contributed by atoms with Crippen molar-refractivity contribution in [1.82, 2.24) is 9.97 Å². The summed E-state index contributed by atoms with van der Waals surface area (Å²) in [7, 11) is 0. The van der Waals surface area contributed by atoms with Crippen molar-refractivity contribution in [2.75, 3.05) is 5.73 Å².